The van der Waals surface area contributed by atoms with Gasteiger partial charge in [0.05, 0.1) is 0 Å². The van der Waals surface area contributed by atoms with Gasteiger partial charge in [-0.15, -0.1) is 0 Å². The van der Waals surface area contributed by atoms with E-state index in [-0.39, 0.29) is 0 Å². The average molecular weight is 298 g/mol. The molecule has 0 radical (unpaired) electrons. The summed E-state index contributed by atoms with van der Waals surface area (Å²) < 4.78 is 0. The molecule has 0 fully saturated rings. The monoisotopic (exact) mass is 298 g/mol. The molecule has 0 unspecified atom stereocenters. The van der Waals surface area contributed by atoms with Gasteiger partial charge in [-0.25, -0.2) is 0 Å². The van der Waals surface area contributed by atoms with Crippen LogP contribution in [0.1, 0.15) is 24.5 Å². The third kappa shape index (κ3) is 5.20. The average Bonchev–Trinajstić information content (AvgIpc) is 2.48. The van der Waals surface area contributed by atoms with E-state index in [1.165, 1.54) is 11.1 Å². The van der Waals surface area contributed by atoms with Crippen molar-refractivity contribution in [2.24, 2.45) is 0 Å². The van der Waals surface area contributed by atoms with Crippen molar-refractivity contribution >= 4 is 23.0 Å². The second kappa shape index (κ2) is 7.79. The molecular weight excluding hydrogens is 276 g/mol. The van der Waals surface area contributed by atoms with Crippen LogP contribution in [0, 0.1) is 6.92 Å². The van der Waals surface area contributed by atoms with Crippen LogP contribution in [0.4, 0.5) is 5.69 Å². The zero-order chi connectivity index (χ0) is 15.1. The van der Waals surface area contributed by atoms with Gasteiger partial charge in [-0.05, 0) is 56.1 Å². The molecule has 0 bridgehead atoms. The van der Waals surface area contributed by atoms with Crippen LogP contribution in [-0.2, 0) is 6.42 Å². The maximum absolute atomic E-state index is 5.38. The molecule has 21 heavy (non-hydrogen) atoms. The highest BCUT2D eigenvalue weighted by atomic mass is 32.1. The molecule has 3 heteroatoms. The lowest BCUT2D eigenvalue weighted by Crippen LogP contribution is -2.36. The summed E-state index contributed by atoms with van der Waals surface area (Å²) in [6.45, 7) is 4.23. The minimum atomic E-state index is 0.342. The highest BCUT2D eigenvalue weighted by Crippen LogP contribution is 2.13. The molecule has 0 aliphatic carbocycles. The Kier molecular flexibility index (Phi) is 5.76. The summed E-state index contributed by atoms with van der Waals surface area (Å²) in [7, 11) is 0. The van der Waals surface area contributed by atoms with Crippen molar-refractivity contribution in [3.05, 3.63) is 65.7 Å². The Bertz CT molecular complexity index is 581. The van der Waals surface area contributed by atoms with E-state index in [0.29, 0.717) is 11.2 Å². The van der Waals surface area contributed by atoms with E-state index < -0.39 is 0 Å². The summed E-state index contributed by atoms with van der Waals surface area (Å²) >= 11 is 5.38. The predicted molar refractivity (Wildman–Crippen MR) is 94.8 cm³/mol. The standard InChI is InChI=1S/C18H22N2S/c1-14-8-6-7-11-17(14)20-18(21)19-15(2)12-13-16-9-4-3-5-10-16/h3-11,15H,12-13H2,1-2H3,(H2,19,20,21)/t15-/m1/s1. The summed E-state index contributed by atoms with van der Waals surface area (Å²) in [5.74, 6) is 0. The Morgan fingerprint density at radius 2 is 1.71 bits per heavy atom. The van der Waals surface area contributed by atoms with Gasteiger partial charge in [0.15, 0.2) is 5.11 Å². The van der Waals surface area contributed by atoms with Gasteiger partial charge in [-0.2, -0.15) is 0 Å². The summed E-state index contributed by atoms with van der Waals surface area (Å²) in [5, 5.41) is 7.29. The van der Waals surface area contributed by atoms with Crippen molar-refractivity contribution in [2.45, 2.75) is 32.7 Å². The first kappa shape index (κ1) is 15.5. The van der Waals surface area contributed by atoms with Crippen LogP contribution < -0.4 is 10.6 Å². The second-order valence-electron chi connectivity index (χ2n) is 5.34. The first-order chi connectivity index (χ1) is 10.1. The number of nitrogens with one attached hydrogen (secondary N) is 2. The first-order valence-corrected chi connectivity index (χ1v) is 7.73. The van der Waals surface area contributed by atoms with E-state index in [1.807, 2.05) is 24.3 Å². The minimum Gasteiger partial charge on any atom is -0.360 e. The number of rotatable bonds is 5. The molecule has 0 saturated carbocycles. The Morgan fingerprint density at radius 1 is 1.05 bits per heavy atom. The molecule has 0 aliphatic rings. The van der Waals surface area contributed by atoms with Crippen molar-refractivity contribution in [1.29, 1.82) is 0 Å². The van der Waals surface area contributed by atoms with Crippen molar-refractivity contribution < 1.29 is 0 Å². The number of para-hydroxylation sites is 1. The number of anilines is 1. The normalized spacial score (nSPS) is 11.7. The summed E-state index contributed by atoms with van der Waals surface area (Å²) in [6.07, 6.45) is 2.11. The number of aryl methyl sites for hydroxylation is 2. The van der Waals surface area contributed by atoms with Gasteiger partial charge >= 0.3 is 0 Å². The minimum absolute atomic E-state index is 0.342. The fourth-order valence-electron chi connectivity index (χ4n) is 2.20. The summed E-state index contributed by atoms with van der Waals surface area (Å²) in [5.41, 5.74) is 3.62. The quantitative estimate of drug-likeness (QED) is 0.805. The SMILES string of the molecule is Cc1ccccc1NC(=S)N[C@H](C)CCc1ccccc1. The van der Waals surface area contributed by atoms with Crippen molar-refractivity contribution in [3.8, 4) is 0 Å². The van der Waals surface area contributed by atoms with E-state index in [9.17, 15) is 0 Å². The van der Waals surface area contributed by atoms with Gasteiger partial charge in [-0.1, -0.05) is 48.5 Å². The lowest BCUT2D eigenvalue weighted by Gasteiger charge is -2.18. The number of thiocarbonyl (C=S) groups is 1. The molecule has 0 heterocycles. The number of benzene rings is 2. The fraction of sp³-hybridized carbons (Fsp3) is 0.278. The summed E-state index contributed by atoms with van der Waals surface area (Å²) in [6, 6.07) is 19.0. The van der Waals surface area contributed by atoms with Crippen LogP contribution in [0.5, 0.6) is 0 Å². The Morgan fingerprint density at radius 3 is 2.43 bits per heavy atom. The molecule has 0 amide bonds. The zero-order valence-corrected chi connectivity index (χ0v) is 13.4. The van der Waals surface area contributed by atoms with E-state index in [0.717, 1.165) is 18.5 Å². The third-order valence-electron chi connectivity index (χ3n) is 3.48. The largest absolute Gasteiger partial charge is 0.360 e. The van der Waals surface area contributed by atoms with E-state index in [1.54, 1.807) is 0 Å². The lowest BCUT2D eigenvalue weighted by atomic mass is 10.1. The van der Waals surface area contributed by atoms with Crippen LogP contribution in [0.3, 0.4) is 0 Å². The molecular formula is C18H22N2S. The molecule has 2 nitrogen and oxygen atoms in total. The Labute approximate surface area is 132 Å². The van der Waals surface area contributed by atoms with Crippen molar-refractivity contribution in [1.82, 2.24) is 5.32 Å². The van der Waals surface area contributed by atoms with E-state index in [4.69, 9.17) is 12.2 Å². The Hall–Kier alpha value is -1.87. The smallest absolute Gasteiger partial charge is 0.170 e. The molecule has 0 aromatic heterocycles. The van der Waals surface area contributed by atoms with Gasteiger partial charge in [0.2, 0.25) is 0 Å². The number of hydrogen-bond donors (Lipinski definition) is 2. The van der Waals surface area contributed by atoms with E-state index >= 15 is 0 Å². The molecule has 2 rings (SSSR count). The molecule has 0 saturated heterocycles. The van der Waals surface area contributed by atoms with Crippen LogP contribution in [-0.4, -0.2) is 11.2 Å². The zero-order valence-electron chi connectivity index (χ0n) is 12.6. The molecule has 0 spiro atoms. The van der Waals surface area contributed by atoms with Gasteiger partial charge in [0.1, 0.15) is 0 Å². The highest BCUT2D eigenvalue weighted by molar-refractivity contribution is 7.80. The van der Waals surface area contributed by atoms with Gasteiger partial charge in [-0.3, -0.25) is 0 Å². The summed E-state index contributed by atoms with van der Waals surface area (Å²) in [4.78, 5) is 0. The topological polar surface area (TPSA) is 24.1 Å². The second-order valence-corrected chi connectivity index (χ2v) is 5.75. The highest BCUT2D eigenvalue weighted by Gasteiger charge is 2.06. The predicted octanol–water partition coefficient (Wildman–Crippen LogP) is 4.30. The molecule has 0 aliphatic heterocycles. The third-order valence-corrected chi connectivity index (χ3v) is 3.70. The maximum Gasteiger partial charge on any atom is 0.170 e. The van der Waals surface area contributed by atoms with Crippen molar-refractivity contribution in [2.75, 3.05) is 5.32 Å². The maximum atomic E-state index is 5.38. The van der Waals surface area contributed by atoms with Crippen molar-refractivity contribution in [3.63, 3.8) is 0 Å². The Balaban J connectivity index is 1.78. The fourth-order valence-corrected chi connectivity index (χ4v) is 2.51. The molecule has 1 atom stereocenters. The first-order valence-electron chi connectivity index (χ1n) is 7.32. The van der Waals surface area contributed by atoms with Crippen LogP contribution in [0.15, 0.2) is 54.6 Å². The van der Waals surface area contributed by atoms with Crippen LogP contribution in [0.2, 0.25) is 0 Å². The van der Waals surface area contributed by atoms with Gasteiger partial charge in [0.25, 0.3) is 0 Å². The van der Waals surface area contributed by atoms with Crippen LogP contribution in [0.25, 0.3) is 0 Å². The number of hydrogen-bond acceptors (Lipinski definition) is 1. The molecule has 2 N–H and O–H groups in total. The molecule has 2 aromatic rings. The molecule has 110 valence electrons. The van der Waals surface area contributed by atoms with Gasteiger partial charge in [0, 0.05) is 11.7 Å². The lowest BCUT2D eigenvalue weighted by molar-refractivity contribution is 0.609. The van der Waals surface area contributed by atoms with Crippen LogP contribution >= 0.6 is 12.2 Å². The molecule has 2 aromatic carbocycles. The van der Waals surface area contributed by atoms with E-state index in [2.05, 4.69) is 54.8 Å². The van der Waals surface area contributed by atoms with Gasteiger partial charge < -0.3 is 10.6 Å².